The summed E-state index contributed by atoms with van der Waals surface area (Å²) >= 11 is 2.44. The molecule has 2 rings (SSSR count). The summed E-state index contributed by atoms with van der Waals surface area (Å²) in [6.45, 7) is 0. The lowest BCUT2D eigenvalue weighted by molar-refractivity contribution is 0.111. The van der Waals surface area contributed by atoms with Gasteiger partial charge in [0.05, 0.1) is 5.56 Å². The zero-order chi connectivity index (χ0) is 10.7. The molecule has 1 aromatic carbocycles. The Morgan fingerprint density at radius 2 is 2.33 bits per heavy atom. The molecule has 0 saturated heterocycles. The molecule has 3 nitrogen and oxygen atoms in total. The van der Waals surface area contributed by atoms with Gasteiger partial charge < -0.3 is 0 Å². The highest BCUT2D eigenvalue weighted by molar-refractivity contribution is 8.01. The fraction of sp³-hybridized carbons (Fsp3) is 0. The van der Waals surface area contributed by atoms with Gasteiger partial charge in [-0.05, 0) is 23.7 Å². The molecule has 0 atom stereocenters. The third-order valence-corrected chi connectivity index (χ3v) is 3.46. The average Bonchev–Trinajstić information content (AvgIpc) is 2.71. The minimum absolute atomic E-state index is 0.0673. The zero-order valence-corrected chi connectivity index (χ0v) is 9.02. The topological polar surface area (TPSA) is 42.9 Å². The molecule has 2 aromatic rings. The van der Waals surface area contributed by atoms with Crippen molar-refractivity contribution in [1.29, 1.82) is 0 Å². The number of aldehydes is 1. The van der Waals surface area contributed by atoms with Gasteiger partial charge in [-0.25, -0.2) is 9.37 Å². The molecule has 0 saturated carbocycles. The molecule has 1 aromatic heterocycles. The van der Waals surface area contributed by atoms with Crippen molar-refractivity contribution in [3.05, 3.63) is 35.9 Å². The Kier molecular flexibility index (Phi) is 3.08. The number of hydrogen-bond acceptors (Lipinski definition) is 5. The first kappa shape index (κ1) is 10.3. The Hall–Kier alpha value is -1.27. The van der Waals surface area contributed by atoms with Gasteiger partial charge in [-0.2, -0.15) is 4.37 Å². The van der Waals surface area contributed by atoms with E-state index in [1.165, 1.54) is 35.7 Å². The SMILES string of the molecule is O=Cc1c(F)cccc1Sc1ncns1. The van der Waals surface area contributed by atoms with Crippen molar-refractivity contribution < 1.29 is 9.18 Å². The van der Waals surface area contributed by atoms with Crippen LogP contribution in [0.3, 0.4) is 0 Å². The standard InChI is InChI=1S/C9H5FN2OS2/c10-7-2-1-3-8(6(7)4-13)14-9-11-5-12-15-9/h1-5H. The highest BCUT2D eigenvalue weighted by Gasteiger charge is 2.09. The molecule has 0 aliphatic rings. The van der Waals surface area contributed by atoms with Crippen LogP contribution in [0.5, 0.6) is 0 Å². The van der Waals surface area contributed by atoms with Crippen molar-refractivity contribution >= 4 is 29.6 Å². The number of halogens is 1. The first-order chi connectivity index (χ1) is 7.31. The van der Waals surface area contributed by atoms with Crippen LogP contribution >= 0.6 is 23.3 Å². The maximum absolute atomic E-state index is 13.2. The molecular formula is C9H5FN2OS2. The monoisotopic (exact) mass is 240 g/mol. The summed E-state index contributed by atoms with van der Waals surface area (Å²) in [7, 11) is 0. The van der Waals surface area contributed by atoms with E-state index < -0.39 is 5.82 Å². The first-order valence-electron chi connectivity index (χ1n) is 3.99. The van der Waals surface area contributed by atoms with E-state index in [1.54, 1.807) is 12.1 Å². The van der Waals surface area contributed by atoms with Gasteiger partial charge in [0, 0.05) is 4.90 Å². The van der Waals surface area contributed by atoms with Gasteiger partial charge >= 0.3 is 0 Å². The van der Waals surface area contributed by atoms with E-state index in [2.05, 4.69) is 9.36 Å². The van der Waals surface area contributed by atoms with Gasteiger partial charge in [0.15, 0.2) is 10.6 Å². The molecule has 0 radical (unpaired) electrons. The number of nitrogens with zero attached hydrogens (tertiary/aromatic N) is 2. The maximum atomic E-state index is 13.2. The van der Waals surface area contributed by atoms with E-state index in [0.29, 0.717) is 15.5 Å². The summed E-state index contributed by atoms with van der Waals surface area (Å²) in [5.41, 5.74) is 0.0673. The molecule has 0 spiro atoms. The normalized spacial score (nSPS) is 10.2. The maximum Gasteiger partial charge on any atom is 0.174 e. The number of aromatic nitrogens is 2. The molecular weight excluding hydrogens is 235 g/mol. The molecule has 0 fully saturated rings. The lowest BCUT2D eigenvalue weighted by Crippen LogP contribution is -1.90. The third-order valence-electron chi connectivity index (χ3n) is 1.67. The lowest BCUT2D eigenvalue weighted by Gasteiger charge is -2.01. The molecule has 0 unspecified atom stereocenters. The minimum Gasteiger partial charge on any atom is -0.298 e. The minimum atomic E-state index is -0.514. The Morgan fingerprint density at radius 1 is 1.47 bits per heavy atom. The van der Waals surface area contributed by atoms with Crippen molar-refractivity contribution in [3.8, 4) is 0 Å². The second kappa shape index (κ2) is 4.50. The molecule has 0 aliphatic carbocycles. The van der Waals surface area contributed by atoms with Crippen LogP contribution in [0, 0.1) is 5.82 Å². The number of carbonyl (C=O) groups excluding carboxylic acids is 1. The average molecular weight is 240 g/mol. The summed E-state index contributed by atoms with van der Waals surface area (Å²) in [4.78, 5) is 15.2. The van der Waals surface area contributed by atoms with Crippen molar-refractivity contribution in [2.24, 2.45) is 0 Å². The van der Waals surface area contributed by atoms with Gasteiger partial charge in [0.1, 0.15) is 12.1 Å². The van der Waals surface area contributed by atoms with Gasteiger partial charge in [-0.3, -0.25) is 4.79 Å². The summed E-state index contributed by atoms with van der Waals surface area (Å²) in [5.74, 6) is -0.514. The van der Waals surface area contributed by atoms with Gasteiger partial charge in [-0.1, -0.05) is 17.8 Å². The Bertz CT molecular complexity index is 473. The van der Waals surface area contributed by atoms with Gasteiger partial charge in [0.25, 0.3) is 0 Å². The van der Waals surface area contributed by atoms with Crippen LogP contribution in [0.2, 0.25) is 0 Å². The molecule has 0 bridgehead atoms. The molecule has 6 heteroatoms. The van der Waals surface area contributed by atoms with Crippen molar-refractivity contribution in [1.82, 2.24) is 9.36 Å². The fourth-order valence-electron chi connectivity index (χ4n) is 1.02. The van der Waals surface area contributed by atoms with E-state index in [1.807, 2.05) is 0 Å². The Balaban J connectivity index is 2.36. The molecule has 0 aliphatic heterocycles. The number of benzene rings is 1. The van der Waals surface area contributed by atoms with Crippen LogP contribution in [0.4, 0.5) is 4.39 Å². The van der Waals surface area contributed by atoms with Crippen molar-refractivity contribution in [2.45, 2.75) is 9.24 Å². The summed E-state index contributed by atoms with van der Waals surface area (Å²) in [6.07, 6.45) is 1.94. The summed E-state index contributed by atoms with van der Waals surface area (Å²) in [6, 6.07) is 4.50. The first-order valence-corrected chi connectivity index (χ1v) is 5.58. The Labute approximate surface area is 93.5 Å². The number of hydrogen-bond donors (Lipinski definition) is 0. The number of carbonyl (C=O) groups is 1. The smallest absolute Gasteiger partial charge is 0.174 e. The highest BCUT2D eigenvalue weighted by atomic mass is 32.2. The second-order valence-electron chi connectivity index (χ2n) is 2.58. The second-order valence-corrected chi connectivity index (χ2v) is 4.65. The quantitative estimate of drug-likeness (QED) is 0.773. The fourth-order valence-corrected chi connectivity index (χ4v) is 2.54. The van der Waals surface area contributed by atoms with Crippen LogP contribution in [0.15, 0.2) is 33.8 Å². The van der Waals surface area contributed by atoms with Crippen LogP contribution in [-0.4, -0.2) is 15.6 Å². The van der Waals surface area contributed by atoms with E-state index in [9.17, 15) is 9.18 Å². The summed E-state index contributed by atoms with van der Waals surface area (Å²) in [5, 5.41) is 0. The van der Waals surface area contributed by atoms with Gasteiger partial charge in [0.2, 0.25) is 0 Å². The predicted octanol–water partition coefficient (Wildman–Crippen LogP) is 2.64. The Morgan fingerprint density at radius 3 is 3.00 bits per heavy atom. The highest BCUT2D eigenvalue weighted by Crippen LogP contribution is 2.31. The molecule has 0 N–H and O–H groups in total. The van der Waals surface area contributed by atoms with Crippen LogP contribution in [0.1, 0.15) is 10.4 Å². The molecule has 76 valence electrons. The molecule has 1 heterocycles. The summed E-state index contributed by atoms with van der Waals surface area (Å²) < 4.78 is 17.7. The van der Waals surface area contributed by atoms with E-state index >= 15 is 0 Å². The van der Waals surface area contributed by atoms with Crippen molar-refractivity contribution in [2.75, 3.05) is 0 Å². The van der Waals surface area contributed by atoms with Crippen molar-refractivity contribution in [3.63, 3.8) is 0 Å². The van der Waals surface area contributed by atoms with E-state index in [0.717, 1.165) is 0 Å². The van der Waals surface area contributed by atoms with E-state index in [-0.39, 0.29) is 5.56 Å². The largest absolute Gasteiger partial charge is 0.298 e. The van der Waals surface area contributed by atoms with Crippen LogP contribution in [0.25, 0.3) is 0 Å². The van der Waals surface area contributed by atoms with Gasteiger partial charge in [-0.15, -0.1) is 0 Å². The van der Waals surface area contributed by atoms with Crippen LogP contribution < -0.4 is 0 Å². The molecule has 0 amide bonds. The third kappa shape index (κ3) is 2.21. The number of rotatable bonds is 3. The molecule has 15 heavy (non-hydrogen) atoms. The van der Waals surface area contributed by atoms with Crippen LogP contribution in [-0.2, 0) is 0 Å². The predicted molar refractivity (Wildman–Crippen MR) is 55.8 cm³/mol. The zero-order valence-electron chi connectivity index (χ0n) is 7.38. The van der Waals surface area contributed by atoms with E-state index in [4.69, 9.17) is 0 Å². The lowest BCUT2D eigenvalue weighted by atomic mass is 10.2.